The molecule has 0 aliphatic rings. The fraction of sp³-hybridized carbons (Fsp3) is 0. The van der Waals surface area contributed by atoms with E-state index in [0.717, 1.165) is 66.3 Å². The Morgan fingerprint density at radius 1 is 0.333 bits per heavy atom. The number of benzene rings is 7. The molecule has 0 N–H and O–H groups in total. The molecule has 0 fully saturated rings. The van der Waals surface area contributed by atoms with Crippen molar-refractivity contribution in [3.63, 3.8) is 0 Å². The van der Waals surface area contributed by atoms with Gasteiger partial charge in [-0.2, -0.15) is 0 Å². The minimum absolute atomic E-state index is 0.601. The Morgan fingerprint density at radius 2 is 0.804 bits per heavy atom. The summed E-state index contributed by atoms with van der Waals surface area (Å²) in [6, 6.07) is 54.0. The van der Waals surface area contributed by atoms with Crippen LogP contribution in [0.15, 0.2) is 167 Å². The molecule has 4 heterocycles. The van der Waals surface area contributed by atoms with Crippen molar-refractivity contribution in [3.05, 3.63) is 158 Å². The van der Waals surface area contributed by atoms with Gasteiger partial charge in [0.1, 0.15) is 22.3 Å². The number of hydrogen-bond donors (Lipinski definition) is 0. The lowest BCUT2D eigenvalue weighted by atomic mass is 10.1. The van der Waals surface area contributed by atoms with Gasteiger partial charge in [0.2, 0.25) is 0 Å². The summed E-state index contributed by atoms with van der Waals surface area (Å²) >= 11 is 0. The van der Waals surface area contributed by atoms with Gasteiger partial charge < -0.3 is 13.4 Å². The third kappa shape index (κ3) is 4.33. The summed E-state index contributed by atoms with van der Waals surface area (Å²) in [5.41, 5.74) is 9.35. The average Bonchev–Trinajstić information content (AvgIpc) is 3.85. The second-order valence-corrected chi connectivity index (χ2v) is 12.8. The Hall–Kier alpha value is -7.05. The molecule has 0 aliphatic carbocycles. The molecule has 0 aliphatic heterocycles. The zero-order chi connectivity index (χ0) is 33.5. The Bertz CT molecular complexity index is 3030. The van der Waals surface area contributed by atoms with Gasteiger partial charge in [-0.05, 0) is 54.6 Å². The molecule has 51 heavy (non-hydrogen) atoms. The highest BCUT2D eigenvalue weighted by Gasteiger charge is 2.18. The van der Waals surface area contributed by atoms with Crippen LogP contribution in [-0.2, 0) is 0 Å². The first-order valence-corrected chi connectivity index (χ1v) is 16.9. The van der Waals surface area contributed by atoms with Gasteiger partial charge in [0, 0.05) is 60.8 Å². The van der Waals surface area contributed by atoms with Crippen LogP contribution < -0.4 is 0 Å². The van der Waals surface area contributed by atoms with Crippen LogP contribution in [0.3, 0.4) is 0 Å². The predicted molar refractivity (Wildman–Crippen MR) is 205 cm³/mol. The van der Waals surface area contributed by atoms with Crippen molar-refractivity contribution in [1.29, 1.82) is 0 Å². The van der Waals surface area contributed by atoms with E-state index in [-0.39, 0.29) is 0 Å². The summed E-state index contributed by atoms with van der Waals surface area (Å²) in [5.74, 6) is 1.86. The van der Waals surface area contributed by atoms with E-state index in [0.29, 0.717) is 17.5 Å². The van der Waals surface area contributed by atoms with E-state index < -0.39 is 0 Å². The minimum atomic E-state index is 0.601. The Morgan fingerprint density at radius 3 is 1.39 bits per heavy atom. The Labute approximate surface area is 290 Å². The molecule has 0 saturated heterocycles. The second kappa shape index (κ2) is 10.7. The van der Waals surface area contributed by atoms with Gasteiger partial charge in [-0.25, -0.2) is 15.0 Å². The summed E-state index contributed by atoms with van der Waals surface area (Å²) in [5, 5.41) is 6.54. The molecule has 11 rings (SSSR count). The summed E-state index contributed by atoms with van der Waals surface area (Å²) in [6.07, 6.45) is 0. The minimum Gasteiger partial charge on any atom is -0.456 e. The number of para-hydroxylation sites is 2. The van der Waals surface area contributed by atoms with Gasteiger partial charge in [0.15, 0.2) is 17.5 Å². The second-order valence-electron chi connectivity index (χ2n) is 12.8. The van der Waals surface area contributed by atoms with Crippen LogP contribution in [0.5, 0.6) is 0 Å². The number of aromatic nitrogens is 4. The van der Waals surface area contributed by atoms with Crippen LogP contribution in [-0.4, -0.2) is 19.5 Å². The van der Waals surface area contributed by atoms with E-state index in [9.17, 15) is 0 Å². The number of rotatable bonds is 4. The van der Waals surface area contributed by atoms with E-state index in [1.54, 1.807) is 0 Å². The first-order valence-electron chi connectivity index (χ1n) is 16.9. The molecular weight excluding hydrogens is 629 g/mol. The van der Waals surface area contributed by atoms with E-state index in [2.05, 4.69) is 83.4 Å². The molecule has 0 unspecified atom stereocenters. The monoisotopic (exact) mass is 654 g/mol. The van der Waals surface area contributed by atoms with E-state index in [1.165, 1.54) is 21.8 Å². The third-order valence-corrected chi connectivity index (χ3v) is 9.84. The molecule has 0 atom stereocenters. The molecule has 6 heteroatoms. The number of furan rings is 2. The molecule has 0 bridgehead atoms. The average molecular weight is 655 g/mol. The number of fused-ring (bicyclic) bond motifs is 9. The largest absolute Gasteiger partial charge is 0.456 e. The van der Waals surface area contributed by atoms with Crippen LogP contribution >= 0.6 is 0 Å². The highest BCUT2D eigenvalue weighted by Crippen LogP contribution is 2.40. The zero-order valence-electron chi connectivity index (χ0n) is 27.1. The standard InChI is InChI=1S/C45H26N4O2/c1-3-11-27(12-4-1)43-46-44(28-13-5-2-6-14-28)48-45(47-43)29-19-21-39-33(23-29)35-25-36-34-24-30(20-22-40(34)51-42(36)26-41(35)50-39)49-37-17-9-7-15-31(37)32-16-8-10-18-38(32)49/h1-26H. The third-order valence-electron chi connectivity index (χ3n) is 9.84. The zero-order valence-corrected chi connectivity index (χ0v) is 27.1. The molecule has 0 saturated carbocycles. The van der Waals surface area contributed by atoms with Crippen molar-refractivity contribution in [1.82, 2.24) is 19.5 Å². The van der Waals surface area contributed by atoms with Crippen molar-refractivity contribution in [2.45, 2.75) is 0 Å². The first kappa shape index (κ1) is 27.9. The van der Waals surface area contributed by atoms with Crippen LogP contribution in [0.2, 0.25) is 0 Å². The van der Waals surface area contributed by atoms with Crippen LogP contribution in [0.4, 0.5) is 0 Å². The van der Waals surface area contributed by atoms with Gasteiger partial charge in [-0.15, -0.1) is 0 Å². The fourth-order valence-electron chi connectivity index (χ4n) is 7.45. The molecule has 0 spiro atoms. The smallest absolute Gasteiger partial charge is 0.164 e. The summed E-state index contributed by atoms with van der Waals surface area (Å²) in [6.45, 7) is 0. The SMILES string of the molecule is c1ccc(-c2nc(-c3ccccc3)nc(-c3ccc4oc5cc6oc7ccc(-n8c9ccccc9c9ccccc98)cc7c6cc5c4c3)n2)cc1. The molecule has 11 aromatic rings. The quantitative estimate of drug-likeness (QED) is 0.189. The Kier molecular flexibility index (Phi) is 5.86. The molecule has 6 nitrogen and oxygen atoms in total. The summed E-state index contributed by atoms with van der Waals surface area (Å²) in [4.78, 5) is 14.8. The van der Waals surface area contributed by atoms with Crippen LogP contribution in [0.1, 0.15) is 0 Å². The van der Waals surface area contributed by atoms with Crippen molar-refractivity contribution >= 4 is 65.7 Å². The van der Waals surface area contributed by atoms with E-state index in [1.807, 2.05) is 78.9 Å². The highest BCUT2D eigenvalue weighted by atomic mass is 16.3. The van der Waals surface area contributed by atoms with Gasteiger partial charge in [0.25, 0.3) is 0 Å². The molecule has 0 radical (unpaired) electrons. The van der Waals surface area contributed by atoms with Crippen molar-refractivity contribution in [2.24, 2.45) is 0 Å². The maximum atomic E-state index is 6.41. The molecule has 7 aromatic carbocycles. The van der Waals surface area contributed by atoms with Crippen LogP contribution in [0, 0.1) is 0 Å². The van der Waals surface area contributed by atoms with Crippen molar-refractivity contribution in [3.8, 4) is 39.9 Å². The normalized spacial score (nSPS) is 11.9. The lowest BCUT2D eigenvalue weighted by molar-refractivity contribution is 0.656. The van der Waals surface area contributed by atoms with Crippen molar-refractivity contribution < 1.29 is 8.83 Å². The van der Waals surface area contributed by atoms with Gasteiger partial charge in [-0.3, -0.25) is 0 Å². The van der Waals surface area contributed by atoms with Gasteiger partial charge in [-0.1, -0.05) is 97.1 Å². The molecule has 0 amide bonds. The molecular formula is C45H26N4O2. The number of hydrogen-bond acceptors (Lipinski definition) is 5. The maximum absolute atomic E-state index is 6.41. The van der Waals surface area contributed by atoms with Crippen molar-refractivity contribution in [2.75, 3.05) is 0 Å². The van der Waals surface area contributed by atoms with Gasteiger partial charge >= 0.3 is 0 Å². The van der Waals surface area contributed by atoms with Gasteiger partial charge in [0.05, 0.1) is 11.0 Å². The van der Waals surface area contributed by atoms with E-state index >= 15 is 0 Å². The first-order chi connectivity index (χ1) is 25.2. The summed E-state index contributed by atoms with van der Waals surface area (Å²) < 4.78 is 15.1. The maximum Gasteiger partial charge on any atom is 0.164 e. The Balaban J connectivity index is 1.10. The summed E-state index contributed by atoms with van der Waals surface area (Å²) in [7, 11) is 0. The highest BCUT2D eigenvalue weighted by molar-refractivity contribution is 6.16. The predicted octanol–water partition coefficient (Wildman–Crippen LogP) is 11.8. The number of nitrogens with zero attached hydrogens (tertiary/aromatic N) is 4. The lowest BCUT2D eigenvalue weighted by Crippen LogP contribution is -2.00. The molecule has 238 valence electrons. The molecule has 4 aromatic heterocycles. The lowest BCUT2D eigenvalue weighted by Gasteiger charge is -2.08. The fourth-order valence-corrected chi connectivity index (χ4v) is 7.45. The van der Waals surface area contributed by atoms with E-state index in [4.69, 9.17) is 23.8 Å². The van der Waals surface area contributed by atoms with Crippen LogP contribution in [0.25, 0.3) is 106 Å². The topological polar surface area (TPSA) is 69.9 Å².